The molecule has 9 heteroatoms. The lowest BCUT2D eigenvalue weighted by molar-refractivity contribution is 0.411. The number of nitrogens with zero attached hydrogens (tertiary/aromatic N) is 3. The highest BCUT2D eigenvalue weighted by atomic mass is 16.3. The van der Waals surface area contributed by atoms with Gasteiger partial charge in [-0.05, 0) is 103 Å². The Labute approximate surface area is 256 Å². The van der Waals surface area contributed by atoms with Crippen LogP contribution in [0.5, 0.6) is 17.2 Å². The Hall–Kier alpha value is -4.53. The molecule has 232 valence electrons. The number of rotatable bonds is 7. The molecular formula is C35H41N3O6. The van der Waals surface area contributed by atoms with E-state index in [9.17, 15) is 29.7 Å². The van der Waals surface area contributed by atoms with Crippen LogP contribution in [0.25, 0.3) is 0 Å². The summed E-state index contributed by atoms with van der Waals surface area (Å²) in [5.74, 6) is 0.772. The number of benzene rings is 3. The molecule has 0 spiro atoms. The highest BCUT2D eigenvalue weighted by molar-refractivity contribution is 5.46. The maximum atomic E-state index is 13.9. The summed E-state index contributed by atoms with van der Waals surface area (Å²) < 4.78 is 3.20. The number of aryl methyl sites for hydroxylation is 5. The summed E-state index contributed by atoms with van der Waals surface area (Å²) in [4.78, 5) is 41.7. The molecule has 5 rings (SSSR count). The highest BCUT2D eigenvalue weighted by Crippen LogP contribution is 2.39. The van der Waals surface area contributed by atoms with Crippen LogP contribution in [-0.4, -0.2) is 29.0 Å². The van der Waals surface area contributed by atoms with Gasteiger partial charge in [0.25, 0.3) is 0 Å². The van der Waals surface area contributed by atoms with Crippen molar-refractivity contribution in [1.82, 2.24) is 13.7 Å². The Morgan fingerprint density at radius 3 is 1.20 bits per heavy atom. The van der Waals surface area contributed by atoms with E-state index in [-0.39, 0.29) is 42.8 Å². The molecule has 9 nitrogen and oxygen atoms in total. The lowest BCUT2D eigenvalue weighted by Crippen LogP contribution is -2.54. The van der Waals surface area contributed by atoms with Gasteiger partial charge < -0.3 is 15.3 Å². The van der Waals surface area contributed by atoms with Crippen molar-refractivity contribution < 1.29 is 15.3 Å². The first-order chi connectivity index (χ1) is 20.8. The molecule has 1 aromatic heterocycles. The van der Waals surface area contributed by atoms with Gasteiger partial charge in [-0.3, -0.25) is 0 Å². The van der Waals surface area contributed by atoms with Gasteiger partial charge in [-0.2, -0.15) is 0 Å². The topological polar surface area (TPSA) is 127 Å². The van der Waals surface area contributed by atoms with E-state index in [2.05, 4.69) is 0 Å². The maximum absolute atomic E-state index is 13.9. The van der Waals surface area contributed by atoms with Gasteiger partial charge in [-0.15, -0.1) is 0 Å². The second kappa shape index (κ2) is 12.2. The molecule has 0 amide bonds. The molecule has 44 heavy (non-hydrogen) atoms. The summed E-state index contributed by atoms with van der Waals surface area (Å²) >= 11 is 0. The van der Waals surface area contributed by atoms with E-state index in [1.54, 1.807) is 58.0 Å². The van der Waals surface area contributed by atoms with Crippen LogP contribution in [0.2, 0.25) is 0 Å². The van der Waals surface area contributed by atoms with Crippen LogP contribution in [0.15, 0.2) is 50.8 Å². The highest BCUT2D eigenvalue weighted by Gasteiger charge is 2.22. The maximum Gasteiger partial charge on any atom is 0.336 e. The van der Waals surface area contributed by atoms with E-state index in [1.807, 2.05) is 13.0 Å². The number of hydrogen-bond acceptors (Lipinski definition) is 6. The van der Waals surface area contributed by atoms with E-state index >= 15 is 0 Å². The van der Waals surface area contributed by atoms with Crippen LogP contribution in [0, 0.1) is 34.6 Å². The van der Waals surface area contributed by atoms with Gasteiger partial charge in [0.1, 0.15) is 17.2 Å². The molecule has 0 atom stereocenters. The molecule has 3 aromatic carbocycles. The molecule has 0 unspecified atom stereocenters. The molecule has 1 saturated carbocycles. The van der Waals surface area contributed by atoms with Crippen molar-refractivity contribution in [2.24, 2.45) is 0 Å². The summed E-state index contributed by atoms with van der Waals surface area (Å²) in [5, 5.41) is 31.4. The SMILES string of the molecule is Cc1cc(Cn2c(=O)n(Cc3cc(C)c(O)c(C)c3)c(=O)n(Cc3cc(C)c(O)c(C4CCCCC4)c3)c2=O)cc(C)c1O. The molecule has 0 bridgehead atoms. The van der Waals surface area contributed by atoms with Crippen LogP contribution >= 0.6 is 0 Å². The number of phenolic OH excluding ortho intramolecular Hbond substituents is 3. The second-order valence-electron chi connectivity index (χ2n) is 12.4. The zero-order valence-corrected chi connectivity index (χ0v) is 26.1. The Kier molecular flexibility index (Phi) is 8.59. The monoisotopic (exact) mass is 599 g/mol. The number of phenols is 3. The number of aromatic nitrogens is 3. The van der Waals surface area contributed by atoms with E-state index < -0.39 is 17.1 Å². The van der Waals surface area contributed by atoms with Gasteiger partial charge in [0.15, 0.2) is 0 Å². The summed E-state index contributed by atoms with van der Waals surface area (Å²) in [6.07, 6.45) is 5.31. The van der Waals surface area contributed by atoms with Crippen LogP contribution in [0.3, 0.4) is 0 Å². The third-order valence-electron chi connectivity index (χ3n) is 8.94. The lowest BCUT2D eigenvalue weighted by Gasteiger charge is -2.24. The molecule has 1 aliphatic rings. The molecule has 0 aliphatic heterocycles. The molecule has 1 fully saturated rings. The average molecular weight is 600 g/mol. The third kappa shape index (κ3) is 5.96. The normalized spacial score (nSPS) is 13.8. The number of hydrogen-bond donors (Lipinski definition) is 3. The predicted molar refractivity (Wildman–Crippen MR) is 170 cm³/mol. The quantitative estimate of drug-likeness (QED) is 0.274. The fraction of sp³-hybridized carbons (Fsp3) is 0.400. The van der Waals surface area contributed by atoms with Crippen molar-refractivity contribution in [2.75, 3.05) is 0 Å². The van der Waals surface area contributed by atoms with Gasteiger partial charge in [0.05, 0.1) is 19.6 Å². The van der Waals surface area contributed by atoms with Crippen molar-refractivity contribution in [3.8, 4) is 17.2 Å². The zero-order valence-electron chi connectivity index (χ0n) is 26.1. The van der Waals surface area contributed by atoms with E-state index in [0.717, 1.165) is 44.9 Å². The van der Waals surface area contributed by atoms with Crippen molar-refractivity contribution in [2.45, 2.75) is 92.3 Å². The van der Waals surface area contributed by atoms with Crippen LogP contribution in [-0.2, 0) is 19.6 Å². The molecule has 1 heterocycles. The van der Waals surface area contributed by atoms with Crippen LogP contribution in [0.1, 0.15) is 88.1 Å². The minimum atomic E-state index is -0.743. The molecule has 0 radical (unpaired) electrons. The first kappa shape index (κ1) is 30.9. The Bertz CT molecular complexity index is 1780. The van der Waals surface area contributed by atoms with E-state index in [4.69, 9.17) is 0 Å². The Morgan fingerprint density at radius 2 is 0.841 bits per heavy atom. The fourth-order valence-electron chi connectivity index (χ4n) is 6.61. The first-order valence-electron chi connectivity index (χ1n) is 15.2. The van der Waals surface area contributed by atoms with E-state index in [0.29, 0.717) is 44.5 Å². The lowest BCUT2D eigenvalue weighted by atomic mass is 9.82. The first-order valence-corrected chi connectivity index (χ1v) is 15.2. The fourth-order valence-corrected chi connectivity index (χ4v) is 6.61. The predicted octanol–water partition coefficient (Wildman–Crippen LogP) is 5.02. The van der Waals surface area contributed by atoms with Gasteiger partial charge >= 0.3 is 17.1 Å². The largest absolute Gasteiger partial charge is 0.507 e. The summed E-state index contributed by atoms with van der Waals surface area (Å²) in [7, 11) is 0. The Balaban J connectivity index is 1.66. The molecular weight excluding hydrogens is 558 g/mol. The van der Waals surface area contributed by atoms with Crippen molar-refractivity contribution in [1.29, 1.82) is 0 Å². The third-order valence-corrected chi connectivity index (χ3v) is 8.94. The summed E-state index contributed by atoms with van der Waals surface area (Å²) in [6.45, 7) is 8.57. The standard InChI is InChI=1S/C35H41N3O6/c1-20-11-25(12-21(2)30(20)39)17-36-33(42)37(18-26-13-22(3)31(40)23(4)14-26)35(44)38(34(36)43)19-27-15-24(5)32(41)29(16-27)28-9-7-6-8-10-28/h11-16,28,39-41H,6-10,17-19H2,1-5H3. The van der Waals surface area contributed by atoms with Crippen molar-refractivity contribution in [3.63, 3.8) is 0 Å². The Morgan fingerprint density at radius 1 is 0.523 bits per heavy atom. The zero-order chi connectivity index (χ0) is 31.9. The van der Waals surface area contributed by atoms with E-state index in [1.165, 1.54) is 6.42 Å². The smallest absolute Gasteiger partial charge is 0.336 e. The van der Waals surface area contributed by atoms with Crippen molar-refractivity contribution in [3.05, 3.63) is 118 Å². The second-order valence-corrected chi connectivity index (χ2v) is 12.4. The van der Waals surface area contributed by atoms with Gasteiger partial charge in [0, 0.05) is 0 Å². The van der Waals surface area contributed by atoms with Crippen LogP contribution < -0.4 is 17.1 Å². The van der Waals surface area contributed by atoms with Crippen molar-refractivity contribution >= 4 is 0 Å². The van der Waals surface area contributed by atoms with Crippen LogP contribution in [0.4, 0.5) is 0 Å². The number of aromatic hydroxyl groups is 3. The summed E-state index contributed by atoms with van der Waals surface area (Å²) in [6, 6.07) is 10.6. The van der Waals surface area contributed by atoms with Gasteiger partial charge in [-0.25, -0.2) is 28.1 Å². The molecule has 1 aliphatic carbocycles. The molecule has 4 aromatic rings. The molecule has 0 saturated heterocycles. The molecule has 3 N–H and O–H groups in total. The average Bonchev–Trinajstić information content (AvgIpc) is 2.99. The van der Waals surface area contributed by atoms with Gasteiger partial charge in [0.2, 0.25) is 0 Å². The van der Waals surface area contributed by atoms with Gasteiger partial charge in [-0.1, -0.05) is 55.7 Å². The minimum absolute atomic E-state index is 0.0694. The summed E-state index contributed by atoms with van der Waals surface area (Å²) in [5.41, 5.74) is 3.76. The minimum Gasteiger partial charge on any atom is -0.507 e.